The Bertz CT molecular complexity index is 1610. The standard InChI is InChI=1S/C26H20N2O3S2/c1-13(2)15-7-8-17-20(12-15)33-26(27-17)28-22(19-5-4-10-32-19)21-23(29)16-11-14(3)6-9-18(16)31-24(21)25(28)30/h4-13,22H,1-3H3. The Labute approximate surface area is 197 Å². The molecule has 0 radical (unpaired) electrons. The number of fused-ring (bicyclic) bond motifs is 3. The number of nitrogens with zero attached hydrogens (tertiary/aromatic N) is 2. The highest BCUT2D eigenvalue weighted by atomic mass is 32.1. The molecule has 0 N–H and O–H groups in total. The molecule has 5 aromatic rings. The Balaban J connectivity index is 1.59. The van der Waals surface area contributed by atoms with E-state index in [9.17, 15) is 9.59 Å². The van der Waals surface area contributed by atoms with Gasteiger partial charge < -0.3 is 4.42 Å². The Kier molecular flexibility index (Phi) is 4.54. The third-order valence-electron chi connectivity index (χ3n) is 6.11. The fourth-order valence-electron chi connectivity index (χ4n) is 4.39. The zero-order chi connectivity index (χ0) is 22.9. The van der Waals surface area contributed by atoms with Gasteiger partial charge in [-0.25, -0.2) is 4.98 Å². The van der Waals surface area contributed by atoms with Crippen molar-refractivity contribution in [3.63, 3.8) is 0 Å². The van der Waals surface area contributed by atoms with Crippen molar-refractivity contribution in [1.82, 2.24) is 4.98 Å². The lowest BCUT2D eigenvalue weighted by Gasteiger charge is -2.20. The van der Waals surface area contributed by atoms with Gasteiger partial charge in [-0.2, -0.15) is 0 Å². The number of hydrogen-bond donors (Lipinski definition) is 0. The van der Waals surface area contributed by atoms with Crippen LogP contribution in [0.5, 0.6) is 0 Å². The van der Waals surface area contributed by atoms with Gasteiger partial charge in [-0.15, -0.1) is 11.3 Å². The van der Waals surface area contributed by atoms with Crippen LogP contribution in [0.25, 0.3) is 21.2 Å². The summed E-state index contributed by atoms with van der Waals surface area (Å²) in [6.45, 7) is 6.24. The minimum Gasteiger partial charge on any atom is -0.450 e. The summed E-state index contributed by atoms with van der Waals surface area (Å²) in [6, 6.07) is 15.0. The second kappa shape index (κ2) is 7.37. The van der Waals surface area contributed by atoms with Crippen LogP contribution >= 0.6 is 22.7 Å². The van der Waals surface area contributed by atoms with Crippen LogP contribution in [0, 0.1) is 6.92 Å². The molecule has 0 saturated carbocycles. The Morgan fingerprint density at radius 2 is 1.94 bits per heavy atom. The molecule has 2 aromatic carbocycles. The first-order valence-electron chi connectivity index (χ1n) is 10.8. The molecular formula is C26H20N2O3S2. The van der Waals surface area contributed by atoms with Gasteiger partial charge in [0, 0.05) is 4.88 Å². The smallest absolute Gasteiger partial charge is 0.297 e. The molecule has 4 heterocycles. The van der Waals surface area contributed by atoms with Crippen LogP contribution in [-0.2, 0) is 0 Å². The van der Waals surface area contributed by atoms with E-state index in [1.807, 2.05) is 42.6 Å². The average molecular weight is 473 g/mol. The third-order valence-corrected chi connectivity index (χ3v) is 8.05. The fourth-order valence-corrected chi connectivity index (χ4v) is 6.26. The second-order valence-electron chi connectivity index (χ2n) is 8.65. The van der Waals surface area contributed by atoms with Gasteiger partial charge in [0.1, 0.15) is 11.6 Å². The van der Waals surface area contributed by atoms with Gasteiger partial charge >= 0.3 is 0 Å². The SMILES string of the molecule is Cc1ccc2oc3c(c(=O)c2c1)C(c1cccs1)N(c1nc2ccc(C(C)C)cc2s1)C3=O. The van der Waals surface area contributed by atoms with Gasteiger partial charge in [0.15, 0.2) is 10.6 Å². The Morgan fingerprint density at radius 1 is 1.09 bits per heavy atom. The maximum Gasteiger partial charge on any atom is 0.297 e. The summed E-state index contributed by atoms with van der Waals surface area (Å²) in [5.41, 5.74) is 3.69. The molecule has 164 valence electrons. The quantitative estimate of drug-likeness (QED) is 0.295. The number of hydrogen-bond acceptors (Lipinski definition) is 6. The number of thiophene rings is 1. The zero-order valence-corrected chi connectivity index (χ0v) is 19.9. The first kappa shape index (κ1) is 20.3. The van der Waals surface area contributed by atoms with Crippen molar-refractivity contribution < 1.29 is 9.21 Å². The van der Waals surface area contributed by atoms with E-state index in [1.165, 1.54) is 28.2 Å². The minimum atomic E-state index is -0.557. The number of aryl methyl sites for hydroxylation is 1. The summed E-state index contributed by atoms with van der Waals surface area (Å²) < 4.78 is 7.07. The van der Waals surface area contributed by atoms with E-state index < -0.39 is 6.04 Å². The van der Waals surface area contributed by atoms with Crippen LogP contribution in [0.2, 0.25) is 0 Å². The molecular weight excluding hydrogens is 452 g/mol. The molecule has 1 atom stereocenters. The van der Waals surface area contributed by atoms with Crippen molar-refractivity contribution in [2.24, 2.45) is 0 Å². The molecule has 0 saturated heterocycles. The summed E-state index contributed by atoms with van der Waals surface area (Å²) in [5, 5.41) is 3.02. The molecule has 0 fully saturated rings. The predicted molar refractivity (Wildman–Crippen MR) is 134 cm³/mol. The molecule has 3 aromatic heterocycles. The first-order chi connectivity index (χ1) is 15.9. The third kappa shape index (κ3) is 3.07. The van der Waals surface area contributed by atoms with Crippen molar-refractivity contribution in [2.45, 2.75) is 32.7 Å². The van der Waals surface area contributed by atoms with Crippen molar-refractivity contribution in [3.05, 3.63) is 91.5 Å². The summed E-state index contributed by atoms with van der Waals surface area (Å²) in [5.74, 6) is 0.178. The molecule has 0 aliphatic carbocycles. The van der Waals surface area contributed by atoms with Crippen LogP contribution in [0.15, 0.2) is 63.1 Å². The summed E-state index contributed by atoms with van der Waals surface area (Å²) >= 11 is 2.99. The molecule has 1 unspecified atom stereocenters. The van der Waals surface area contributed by atoms with E-state index in [-0.39, 0.29) is 17.1 Å². The number of anilines is 1. The Morgan fingerprint density at radius 3 is 2.70 bits per heavy atom. The van der Waals surface area contributed by atoms with Gasteiger partial charge in [0.05, 0.1) is 21.2 Å². The first-order valence-corrected chi connectivity index (χ1v) is 12.5. The molecule has 1 aliphatic heterocycles. The molecule has 33 heavy (non-hydrogen) atoms. The normalized spacial score (nSPS) is 15.8. The average Bonchev–Trinajstić information content (AvgIpc) is 3.51. The summed E-state index contributed by atoms with van der Waals surface area (Å²) in [7, 11) is 0. The van der Waals surface area contributed by atoms with Crippen molar-refractivity contribution >= 4 is 54.9 Å². The highest BCUT2D eigenvalue weighted by Gasteiger charge is 2.45. The van der Waals surface area contributed by atoms with Crippen molar-refractivity contribution in [3.8, 4) is 0 Å². The van der Waals surface area contributed by atoms with Crippen molar-refractivity contribution in [2.75, 3.05) is 4.90 Å². The van der Waals surface area contributed by atoms with Gasteiger partial charge in [-0.05, 0) is 54.1 Å². The summed E-state index contributed by atoms with van der Waals surface area (Å²) in [6.07, 6.45) is 0. The van der Waals surface area contributed by atoms with E-state index in [0.29, 0.717) is 27.6 Å². The molecule has 0 bridgehead atoms. The summed E-state index contributed by atoms with van der Waals surface area (Å²) in [4.78, 5) is 34.6. The van der Waals surface area contributed by atoms with Crippen LogP contribution < -0.4 is 10.3 Å². The van der Waals surface area contributed by atoms with Gasteiger partial charge in [0.2, 0.25) is 5.76 Å². The lowest BCUT2D eigenvalue weighted by molar-refractivity contribution is 0.0971. The topological polar surface area (TPSA) is 63.4 Å². The van der Waals surface area contributed by atoms with Gasteiger partial charge in [-0.1, -0.05) is 48.9 Å². The molecule has 1 amide bonds. The monoisotopic (exact) mass is 472 g/mol. The number of rotatable bonds is 3. The molecule has 0 spiro atoms. The Hall–Kier alpha value is -3.29. The van der Waals surface area contributed by atoms with E-state index >= 15 is 0 Å². The van der Waals surface area contributed by atoms with E-state index in [0.717, 1.165) is 20.7 Å². The van der Waals surface area contributed by atoms with E-state index in [2.05, 4.69) is 26.0 Å². The lowest BCUT2D eigenvalue weighted by Crippen LogP contribution is -2.28. The van der Waals surface area contributed by atoms with Gasteiger partial charge in [-0.3, -0.25) is 14.5 Å². The number of carbonyl (C=O) groups excluding carboxylic acids is 1. The lowest BCUT2D eigenvalue weighted by atomic mass is 10.0. The molecule has 6 rings (SSSR count). The highest BCUT2D eigenvalue weighted by Crippen LogP contribution is 2.45. The number of aromatic nitrogens is 1. The fraction of sp³-hybridized carbons (Fsp3) is 0.192. The number of thiazole rings is 1. The molecule has 7 heteroatoms. The van der Waals surface area contributed by atoms with Crippen molar-refractivity contribution in [1.29, 1.82) is 0 Å². The van der Waals surface area contributed by atoms with Crippen LogP contribution in [0.1, 0.15) is 57.9 Å². The van der Waals surface area contributed by atoms with Crippen LogP contribution in [-0.4, -0.2) is 10.9 Å². The maximum atomic E-state index is 13.7. The maximum absolute atomic E-state index is 13.7. The number of benzene rings is 2. The number of carbonyl (C=O) groups is 1. The second-order valence-corrected chi connectivity index (χ2v) is 10.6. The largest absolute Gasteiger partial charge is 0.450 e. The zero-order valence-electron chi connectivity index (χ0n) is 18.3. The minimum absolute atomic E-state index is 0.108. The van der Waals surface area contributed by atoms with E-state index in [4.69, 9.17) is 9.40 Å². The van der Waals surface area contributed by atoms with Crippen LogP contribution in [0.3, 0.4) is 0 Å². The predicted octanol–water partition coefficient (Wildman–Crippen LogP) is 6.65. The van der Waals surface area contributed by atoms with Gasteiger partial charge in [0.25, 0.3) is 5.91 Å². The molecule has 1 aliphatic rings. The van der Waals surface area contributed by atoms with E-state index in [1.54, 1.807) is 11.0 Å². The highest BCUT2D eigenvalue weighted by molar-refractivity contribution is 7.22. The number of amides is 1. The molecule has 5 nitrogen and oxygen atoms in total. The van der Waals surface area contributed by atoms with Crippen LogP contribution in [0.4, 0.5) is 5.13 Å².